The first kappa shape index (κ1) is 48.5. The summed E-state index contributed by atoms with van der Waals surface area (Å²) in [6.07, 6.45) is 16.5. The van der Waals surface area contributed by atoms with Gasteiger partial charge in [-0.05, 0) is 56.3 Å². The zero-order chi connectivity index (χ0) is 48.0. The number of rotatable bonds is 21. The van der Waals surface area contributed by atoms with Crippen LogP contribution in [0.2, 0.25) is 0 Å². The molecule has 6 rings (SSSR count). The molecular formula is C49H57N18+. The molecule has 4 aromatic rings. The Hall–Kier alpha value is -7.93. The van der Waals surface area contributed by atoms with Crippen LogP contribution in [0, 0.1) is 58.5 Å². The molecule has 342 valence electrons. The molecule has 0 saturated carbocycles. The van der Waals surface area contributed by atoms with E-state index >= 15 is 0 Å². The number of hydrogen-bond donors (Lipinski definition) is 0. The third-order valence-electron chi connectivity index (χ3n) is 11.7. The maximum absolute atomic E-state index is 10.1. The molecule has 0 unspecified atom stereocenters. The highest BCUT2D eigenvalue weighted by molar-refractivity contribution is 5.83. The molecule has 18 heteroatoms. The van der Waals surface area contributed by atoms with E-state index in [1.807, 2.05) is 0 Å². The van der Waals surface area contributed by atoms with Crippen LogP contribution in [0.15, 0.2) is 29.4 Å². The zero-order valence-corrected chi connectivity index (χ0v) is 39.5. The van der Waals surface area contributed by atoms with Gasteiger partial charge in [0.1, 0.15) is 35.9 Å². The molecule has 67 heavy (non-hydrogen) atoms. The zero-order valence-electron chi connectivity index (χ0n) is 39.5. The Labute approximate surface area is 393 Å². The number of aryl methyl sites for hydroxylation is 2. The SMILES string of the molecule is [C-]#[N+]c1nc2c(nc1[N+]#[C-])N(CCCC)C(=CC(=Cc1n(CCCC)c3nc(C#N)c(C#N)nc3[n+]1CCCC)C=C1N(CCCC)c3nc(C#N)c(C#N)nc3N1CCCC)N2CCCC. The molecule has 0 aromatic carbocycles. The Bertz CT molecular complexity index is 2550. The summed E-state index contributed by atoms with van der Waals surface area (Å²) in [5.74, 6) is 4.24. The van der Waals surface area contributed by atoms with Crippen LogP contribution in [-0.4, -0.2) is 60.6 Å². The number of aromatic nitrogens is 8. The van der Waals surface area contributed by atoms with Gasteiger partial charge >= 0.3 is 5.65 Å². The Morgan fingerprint density at radius 1 is 0.522 bits per heavy atom. The number of hydrogen-bond acceptors (Lipinski definition) is 14. The van der Waals surface area contributed by atoms with Crippen LogP contribution < -0.4 is 24.2 Å². The fourth-order valence-corrected chi connectivity index (χ4v) is 8.13. The quantitative estimate of drug-likeness (QED) is 0.0565. The predicted octanol–water partition coefficient (Wildman–Crippen LogP) is 9.41. The summed E-state index contributed by atoms with van der Waals surface area (Å²) in [7, 11) is 0. The highest BCUT2D eigenvalue weighted by Crippen LogP contribution is 2.45. The van der Waals surface area contributed by atoms with Crippen molar-refractivity contribution in [3.63, 3.8) is 0 Å². The molecule has 0 N–H and O–H groups in total. The number of nitrogens with zero attached hydrogens (tertiary/aromatic N) is 18. The molecule has 0 radical (unpaired) electrons. The lowest BCUT2D eigenvalue weighted by Gasteiger charge is -2.26. The molecule has 18 nitrogen and oxygen atoms in total. The van der Waals surface area contributed by atoms with Crippen LogP contribution in [0.25, 0.3) is 27.1 Å². The molecule has 0 bridgehead atoms. The lowest BCUT2D eigenvalue weighted by molar-refractivity contribution is -0.676. The Balaban J connectivity index is 1.78. The lowest BCUT2D eigenvalue weighted by atomic mass is 10.1. The van der Waals surface area contributed by atoms with Gasteiger partial charge in [-0.25, -0.2) is 19.1 Å². The number of anilines is 4. The molecule has 0 fully saturated rings. The minimum absolute atomic E-state index is 0.0392. The molecule has 2 aliphatic rings. The van der Waals surface area contributed by atoms with Crippen molar-refractivity contribution in [2.24, 2.45) is 0 Å². The average Bonchev–Trinajstić information content (AvgIpc) is 3.91. The van der Waals surface area contributed by atoms with E-state index in [9.17, 15) is 21.0 Å². The van der Waals surface area contributed by atoms with Crippen LogP contribution in [0.4, 0.5) is 34.9 Å². The van der Waals surface area contributed by atoms with Gasteiger partial charge in [-0.3, -0.25) is 9.80 Å². The topological polar surface area (TPSA) is 203 Å². The molecule has 2 aliphatic heterocycles. The lowest BCUT2D eigenvalue weighted by Crippen LogP contribution is -2.37. The van der Waals surface area contributed by atoms with Crippen molar-refractivity contribution in [2.45, 2.75) is 132 Å². The van der Waals surface area contributed by atoms with E-state index in [0.29, 0.717) is 73.8 Å². The highest BCUT2D eigenvalue weighted by Gasteiger charge is 2.41. The summed E-state index contributed by atoms with van der Waals surface area (Å²) in [5, 5.41) is 40.5. The van der Waals surface area contributed by atoms with Crippen LogP contribution in [0.5, 0.6) is 0 Å². The standard InChI is InChI=1S/C49H57N18/c1-9-15-21-62-39(63(22-16-10-2)45-44(62)56-35(30-50)36(31-51)57-45)27-34(28-40-64(23-17-11-3)46-47(65(40)24-18-12-4)59-38(33-53)37(32-52)58-46)29-41-66(25-19-13-5)48-49(67(41)26-20-14-6)61-43(55-8)42(54-7)60-48/h27-29H,9-26H2,1-6H3/q+1. The van der Waals surface area contributed by atoms with Gasteiger partial charge in [0.05, 0.1) is 13.1 Å². The second-order valence-electron chi connectivity index (χ2n) is 16.4. The molecule has 0 atom stereocenters. The molecule has 0 spiro atoms. The number of imidazole rings is 1. The fourth-order valence-electron chi connectivity index (χ4n) is 8.13. The minimum Gasteiger partial charge on any atom is -0.370 e. The van der Waals surface area contributed by atoms with Crippen LogP contribution in [0.3, 0.4) is 0 Å². The van der Waals surface area contributed by atoms with Crippen molar-refractivity contribution >= 4 is 52.3 Å². The Morgan fingerprint density at radius 2 is 0.896 bits per heavy atom. The molecule has 4 aromatic heterocycles. The van der Waals surface area contributed by atoms with Crippen LogP contribution in [-0.2, 0) is 13.1 Å². The average molecular weight is 898 g/mol. The summed E-state index contributed by atoms with van der Waals surface area (Å²) in [5.41, 5.74) is 1.59. The summed E-state index contributed by atoms with van der Waals surface area (Å²) in [6.45, 7) is 31.9. The van der Waals surface area contributed by atoms with Gasteiger partial charge < -0.3 is 19.5 Å². The van der Waals surface area contributed by atoms with Gasteiger partial charge in [-0.1, -0.05) is 98.2 Å². The van der Waals surface area contributed by atoms with Crippen molar-refractivity contribution in [1.82, 2.24) is 34.5 Å². The first-order valence-corrected chi connectivity index (χ1v) is 23.5. The maximum Gasteiger partial charge on any atom is 0.324 e. The molecule has 0 saturated heterocycles. The monoisotopic (exact) mass is 898 g/mol. The van der Waals surface area contributed by atoms with Crippen molar-refractivity contribution in [3.8, 4) is 24.3 Å². The summed E-state index contributed by atoms with van der Waals surface area (Å²) >= 11 is 0. The first-order valence-electron chi connectivity index (χ1n) is 23.5. The summed E-state index contributed by atoms with van der Waals surface area (Å²) in [6, 6.07) is 8.37. The van der Waals surface area contributed by atoms with Crippen molar-refractivity contribution in [3.05, 3.63) is 80.8 Å². The van der Waals surface area contributed by atoms with Crippen molar-refractivity contribution in [1.29, 1.82) is 21.0 Å². The van der Waals surface area contributed by atoms with E-state index in [1.54, 1.807) is 0 Å². The van der Waals surface area contributed by atoms with Gasteiger partial charge in [0, 0.05) is 32.3 Å². The minimum atomic E-state index is -0.0500. The second-order valence-corrected chi connectivity index (χ2v) is 16.4. The first-order chi connectivity index (χ1) is 32.7. The molecule has 0 aliphatic carbocycles. The van der Waals surface area contributed by atoms with Crippen LogP contribution in [0.1, 0.15) is 147 Å². The predicted molar refractivity (Wildman–Crippen MR) is 256 cm³/mol. The van der Waals surface area contributed by atoms with E-state index in [1.165, 1.54) is 0 Å². The van der Waals surface area contributed by atoms with E-state index in [2.05, 4.69) is 122 Å². The third-order valence-corrected chi connectivity index (χ3v) is 11.7. The molecule has 6 heterocycles. The molecular weight excluding hydrogens is 841 g/mol. The van der Waals surface area contributed by atoms with Gasteiger partial charge in [-0.15, -0.1) is 9.97 Å². The maximum atomic E-state index is 10.1. The van der Waals surface area contributed by atoms with E-state index in [0.717, 1.165) is 100 Å². The number of nitriles is 4. The second kappa shape index (κ2) is 22.8. The third kappa shape index (κ3) is 9.86. The van der Waals surface area contributed by atoms with Gasteiger partial charge in [0.2, 0.25) is 5.82 Å². The highest BCUT2D eigenvalue weighted by atomic mass is 15.5. The van der Waals surface area contributed by atoms with Gasteiger partial charge in [-0.2, -0.15) is 26.0 Å². The normalized spacial score (nSPS) is 12.9. The van der Waals surface area contributed by atoms with E-state index in [4.69, 9.17) is 43.0 Å². The molecule has 0 amide bonds. The number of unbranched alkanes of at least 4 members (excludes halogenated alkanes) is 6. The number of allylic oxidation sites excluding steroid dienone is 3. The Kier molecular flexibility index (Phi) is 16.5. The van der Waals surface area contributed by atoms with Gasteiger partial charge in [0.25, 0.3) is 34.6 Å². The smallest absolute Gasteiger partial charge is 0.324 e. The largest absolute Gasteiger partial charge is 0.370 e. The Morgan fingerprint density at radius 3 is 1.28 bits per heavy atom. The summed E-state index contributed by atoms with van der Waals surface area (Å²) in [4.78, 5) is 44.4. The number of fused-ring (bicyclic) bond motifs is 3. The van der Waals surface area contributed by atoms with Gasteiger partial charge in [0.15, 0.2) is 28.7 Å². The van der Waals surface area contributed by atoms with Crippen molar-refractivity contribution < 1.29 is 4.57 Å². The van der Waals surface area contributed by atoms with Crippen LogP contribution >= 0.6 is 0 Å². The fraction of sp³-hybridized carbons (Fsp3) is 0.490. The summed E-state index contributed by atoms with van der Waals surface area (Å²) < 4.78 is 4.19. The van der Waals surface area contributed by atoms with Crippen molar-refractivity contribution in [2.75, 3.05) is 45.8 Å². The van der Waals surface area contributed by atoms with E-state index in [-0.39, 0.29) is 34.4 Å². The van der Waals surface area contributed by atoms with E-state index < -0.39 is 0 Å².